The van der Waals surface area contributed by atoms with E-state index in [1.54, 1.807) is 0 Å². The fourth-order valence-electron chi connectivity index (χ4n) is 2.26. The predicted molar refractivity (Wildman–Crippen MR) is 55.3 cm³/mol. The molecule has 0 bridgehead atoms. The third-order valence-corrected chi connectivity index (χ3v) is 3.09. The van der Waals surface area contributed by atoms with Crippen LogP contribution in [0.2, 0.25) is 0 Å². The van der Waals surface area contributed by atoms with Crippen LogP contribution in [-0.2, 0) is 0 Å². The third kappa shape index (κ3) is 1.92. The Morgan fingerprint density at radius 2 is 1.69 bits per heavy atom. The largest absolute Gasteiger partial charge is 0.324 e. The van der Waals surface area contributed by atoms with Crippen LogP contribution in [0.25, 0.3) is 0 Å². The highest BCUT2D eigenvalue weighted by Gasteiger charge is 2.22. The van der Waals surface area contributed by atoms with Crippen molar-refractivity contribution in [3.05, 3.63) is 35.9 Å². The zero-order valence-corrected chi connectivity index (χ0v) is 7.95. The summed E-state index contributed by atoms with van der Waals surface area (Å²) in [5.41, 5.74) is 7.50. The number of rotatable bonds is 2. The molecule has 1 aliphatic carbocycles. The SMILES string of the molecule is N[C@@H](c1ccccc1)C1CCCC1. The van der Waals surface area contributed by atoms with E-state index in [-0.39, 0.29) is 6.04 Å². The number of hydrogen-bond donors (Lipinski definition) is 1. The quantitative estimate of drug-likeness (QED) is 0.735. The van der Waals surface area contributed by atoms with Crippen molar-refractivity contribution in [3.63, 3.8) is 0 Å². The van der Waals surface area contributed by atoms with E-state index in [2.05, 4.69) is 24.3 Å². The first-order chi connectivity index (χ1) is 6.38. The van der Waals surface area contributed by atoms with Gasteiger partial charge in [0, 0.05) is 6.04 Å². The van der Waals surface area contributed by atoms with Gasteiger partial charge in [-0.05, 0) is 24.3 Å². The molecule has 0 aliphatic heterocycles. The molecule has 0 amide bonds. The maximum atomic E-state index is 6.20. The Labute approximate surface area is 80.0 Å². The van der Waals surface area contributed by atoms with Crippen LogP contribution < -0.4 is 5.73 Å². The second kappa shape index (κ2) is 3.93. The standard InChI is InChI=1S/C12H17N/c13-12(11-8-4-5-9-11)10-6-2-1-3-7-10/h1-3,6-7,11-12H,4-5,8-9,13H2/t12-/m0/s1. The Bertz CT molecular complexity index is 249. The fraction of sp³-hybridized carbons (Fsp3) is 0.500. The van der Waals surface area contributed by atoms with E-state index in [1.165, 1.54) is 31.2 Å². The van der Waals surface area contributed by atoms with Crippen molar-refractivity contribution in [1.29, 1.82) is 0 Å². The maximum Gasteiger partial charge on any atom is 0.0323 e. The molecule has 1 atom stereocenters. The van der Waals surface area contributed by atoms with Crippen LogP contribution >= 0.6 is 0 Å². The Morgan fingerprint density at radius 3 is 2.31 bits per heavy atom. The average molecular weight is 175 g/mol. The molecule has 2 rings (SSSR count). The maximum absolute atomic E-state index is 6.20. The lowest BCUT2D eigenvalue weighted by molar-refractivity contribution is 0.445. The van der Waals surface area contributed by atoms with Crippen LogP contribution in [0.15, 0.2) is 30.3 Å². The normalized spacial score (nSPS) is 20.4. The van der Waals surface area contributed by atoms with E-state index in [0.29, 0.717) is 0 Å². The van der Waals surface area contributed by atoms with Gasteiger partial charge in [-0.1, -0.05) is 43.2 Å². The average Bonchev–Trinajstić information content (AvgIpc) is 2.71. The second-order valence-corrected chi connectivity index (χ2v) is 3.98. The number of hydrogen-bond acceptors (Lipinski definition) is 1. The van der Waals surface area contributed by atoms with Crippen molar-refractivity contribution in [2.75, 3.05) is 0 Å². The molecule has 0 heterocycles. The molecule has 0 spiro atoms. The van der Waals surface area contributed by atoms with Gasteiger partial charge in [-0.15, -0.1) is 0 Å². The van der Waals surface area contributed by atoms with Gasteiger partial charge < -0.3 is 5.73 Å². The fourth-order valence-corrected chi connectivity index (χ4v) is 2.26. The zero-order valence-electron chi connectivity index (χ0n) is 7.95. The summed E-state index contributed by atoms with van der Waals surface area (Å²) in [5, 5.41) is 0. The molecule has 13 heavy (non-hydrogen) atoms. The first-order valence-electron chi connectivity index (χ1n) is 5.18. The minimum Gasteiger partial charge on any atom is -0.324 e. The summed E-state index contributed by atoms with van der Waals surface area (Å²) in [6.45, 7) is 0. The molecule has 0 saturated heterocycles. The molecule has 70 valence electrons. The number of nitrogens with two attached hydrogens (primary N) is 1. The summed E-state index contributed by atoms with van der Waals surface area (Å²) in [4.78, 5) is 0. The van der Waals surface area contributed by atoms with Gasteiger partial charge in [0.1, 0.15) is 0 Å². The highest BCUT2D eigenvalue weighted by Crippen LogP contribution is 2.33. The lowest BCUT2D eigenvalue weighted by atomic mass is 9.93. The molecular formula is C12H17N. The Morgan fingerprint density at radius 1 is 1.08 bits per heavy atom. The zero-order chi connectivity index (χ0) is 9.10. The molecular weight excluding hydrogens is 158 g/mol. The van der Waals surface area contributed by atoms with Crippen LogP contribution in [0, 0.1) is 5.92 Å². The smallest absolute Gasteiger partial charge is 0.0323 e. The minimum atomic E-state index is 0.267. The van der Waals surface area contributed by atoms with Crippen LogP contribution in [0.5, 0.6) is 0 Å². The molecule has 2 N–H and O–H groups in total. The van der Waals surface area contributed by atoms with Gasteiger partial charge in [0.15, 0.2) is 0 Å². The summed E-state index contributed by atoms with van der Waals surface area (Å²) >= 11 is 0. The van der Waals surface area contributed by atoms with Crippen molar-refractivity contribution in [3.8, 4) is 0 Å². The molecule has 0 radical (unpaired) electrons. The van der Waals surface area contributed by atoms with Gasteiger partial charge in [0.25, 0.3) is 0 Å². The van der Waals surface area contributed by atoms with Crippen LogP contribution in [-0.4, -0.2) is 0 Å². The van der Waals surface area contributed by atoms with E-state index in [9.17, 15) is 0 Å². The van der Waals surface area contributed by atoms with E-state index in [1.807, 2.05) is 6.07 Å². The molecule has 0 aromatic heterocycles. The molecule has 0 unspecified atom stereocenters. The highest BCUT2D eigenvalue weighted by molar-refractivity contribution is 5.19. The predicted octanol–water partition coefficient (Wildman–Crippen LogP) is 2.88. The first kappa shape index (κ1) is 8.76. The van der Waals surface area contributed by atoms with Crippen molar-refractivity contribution in [2.24, 2.45) is 11.7 Å². The van der Waals surface area contributed by atoms with Crippen molar-refractivity contribution in [2.45, 2.75) is 31.7 Å². The molecule has 1 nitrogen and oxygen atoms in total. The molecule has 1 aromatic carbocycles. The van der Waals surface area contributed by atoms with Crippen LogP contribution in [0.1, 0.15) is 37.3 Å². The summed E-state index contributed by atoms with van der Waals surface area (Å²) in [6, 6.07) is 10.7. The summed E-state index contributed by atoms with van der Waals surface area (Å²) in [7, 11) is 0. The van der Waals surface area contributed by atoms with E-state index < -0.39 is 0 Å². The van der Waals surface area contributed by atoms with Gasteiger partial charge in [0.05, 0.1) is 0 Å². The minimum absolute atomic E-state index is 0.267. The summed E-state index contributed by atoms with van der Waals surface area (Å²) in [6.07, 6.45) is 5.36. The Balaban J connectivity index is 2.08. The van der Waals surface area contributed by atoms with Gasteiger partial charge in [-0.3, -0.25) is 0 Å². The van der Waals surface area contributed by atoms with Gasteiger partial charge in [-0.25, -0.2) is 0 Å². The summed E-state index contributed by atoms with van der Waals surface area (Å²) in [5.74, 6) is 0.724. The third-order valence-electron chi connectivity index (χ3n) is 3.09. The lowest BCUT2D eigenvalue weighted by Gasteiger charge is -2.18. The molecule has 1 fully saturated rings. The Kier molecular flexibility index (Phi) is 2.65. The molecule has 1 saturated carbocycles. The molecule has 1 heteroatoms. The monoisotopic (exact) mass is 175 g/mol. The summed E-state index contributed by atoms with van der Waals surface area (Å²) < 4.78 is 0. The van der Waals surface area contributed by atoms with Crippen LogP contribution in [0.3, 0.4) is 0 Å². The highest BCUT2D eigenvalue weighted by atomic mass is 14.7. The van der Waals surface area contributed by atoms with E-state index in [4.69, 9.17) is 5.73 Å². The Hall–Kier alpha value is -0.820. The lowest BCUT2D eigenvalue weighted by Crippen LogP contribution is -2.18. The molecule has 1 aliphatic rings. The first-order valence-corrected chi connectivity index (χ1v) is 5.18. The van der Waals surface area contributed by atoms with Gasteiger partial charge in [0.2, 0.25) is 0 Å². The topological polar surface area (TPSA) is 26.0 Å². The van der Waals surface area contributed by atoms with E-state index >= 15 is 0 Å². The van der Waals surface area contributed by atoms with Gasteiger partial charge in [-0.2, -0.15) is 0 Å². The number of benzene rings is 1. The van der Waals surface area contributed by atoms with Crippen molar-refractivity contribution < 1.29 is 0 Å². The van der Waals surface area contributed by atoms with Crippen LogP contribution in [0.4, 0.5) is 0 Å². The van der Waals surface area contributed by atoms with Gasteiger partial charge >= 0.3 is 0 Å². The van der Waals surface area contributed by atoms with Crippen molar-refractivity contribution >= 4 is 0 Å². The van der Waals surface area contributed by atoms with E-state index in [0.717, 1.165) is 5.92 Å². The second-order valence-electron chi connectivity index (χ2n) is 3.98. The molecule has 1 aromatic rings. The van der Waals surface area contributed by atoms with Crippen molar-refractivity contribution in [1.82, 2.24) is 0 Å².